The average Bonchev–Trinajstić information content (AvgIpc) is 3.33. The molecule has 0 bridgehead atoms. The second-order valence-corrected chi connectivity index (χ2v) is 10.7. The zero-order valence-electron chi connectivity index (χ0n) is 19.3. The second kappa shape index (κ2) is 9.85. The molecule has 3 aromatic rings. The van der Waals surface area contributed by atoms with Crippen molar-refractivity contribution in [3.63, 3.8) is 0 Å². The number of aryl methyl sites for hydroxylation is 1. The van der Waals surface area contributed by atoms with Crippen LogP contribution in [-0.4, -0.2) is 34.4 Å². The van der Waals surface area contributed by atoms with Crippen molar-refractivity contribution in [3.05, 3.63) is 45.9 Å². The number of carbonyl (C=O) groups is 2. The van der Waals surface area contributed by atoms with E-state index in [-0.39, 0.29) is 12.7 Å². The fourth-order valence-electron chi connectivity index (χ4n) is 4.55. The second-order valence-electron chi connectivity index (χ2n) is 9.23. The van der Waals surface area contributed by atoms with Gasteiger partial charge in [0.05, 0.1) is 11.4 Å². The Morgan fingerprint density at radius 1 is 1.24 bits per heavy atom. The predicted molar refractivity (Wildman–Crippen MR) is 130 cm³/mol. The number of thiophene rings is 1. The molecule has 0 amide bonds. The molecule has 6 nitrogen and oxygen atoms in total. The number of hydrogen-bond acceptors (Lipinski definition) is 6. The van der Waals surface area contributed by atoms with Crippen LogP contribution < -0.4 is 0 Å². The van der Waals surface area contributed by atoms with Gasteiger partial charge in [-0.25, -0.2) is 14.3 Å². The van der Waals surface area contributed by atoms with Gasteiger partial charge in [0.1, 0.15) is 15.8 Å². The molecule has 3 atom stereocenters. The Hall–Kier alpha value is -2.38. The highest BCUT2D eigenvalue weighted by atomic mass is 35.5. The van der Waals surface area contributed by atoms with Crippen LogP contribution in [0.5, 0.6) is 0 Å². The third kappa shape index (κ3) is 5.25. The smallest absolute Gasteiger partial charge is 0.348 e. The van der Waals surface area contributed by atoms with E-state index in [4.69, 9.17) is 21.1 Å². The maximum absolute atomic E-state index is 12.7. The van der Waals surface area contributed by atoms with Crippen LogP contribution >= 0.6 is 22.9 Å². The number of rotatable bonds is 6. The Balaban J connectivity index is 1.42. The highest BCUT2D eigenvalue weighted by Crippen LogP contribution is 2.35. The highest BCUT2D eigenvalue weighted by Gasteiger charge is 2.33. The number of fused-ring (bicyclic) bond motifs is 1. The molecule has 1 saturated carbocycles. The Morgan fingerprint density at radius 3 is 2.67 bits per heavy atom. The lowest BCUT2D eigenvalue weighted by molar-refractivity contribution is -0.159. The molecule has 1 aliphatic carbocycles. The molecule has 0 radical (unpaired) electrons. The van der Waals surface area contributed by atoms with Crippen molar-refractivity contribution < 1.29 is 19.1 Å². The zero-order chi connectivity index (χ0) is 23.7. The highest BCUT2D eigenvalue weighted by molar-refractivity contribution is 7.20. The summed E-state index contributed by atoms with van der Waals surface area (Å²) in [6, 6.07) is 9.10. The molecule has 2 aromatic heterocycles. The standard InChI is InChI=1S/C25H29ClN2O4S/c1-14(2)19-10-5-15(3)11-21(19)32-23(29)13-31-25(30)22-12-20-16(4)27-28(24(20)33-22)18-8-6-17(26)7-9-18/h6-9,12,14-15,19,21H,5,10-11,13H2,1-4H3/t15-,19-,21-/m0/s1. The first-order valence-electron chi connectivity index (χ1n) is 11.3. The van der Waals surface area contributed by atoms with Crippen molar-refractivity contribution in [2.24, 2.45) is 17.8 Å². The van der Waals surface area contributed by atoms with E-state index in [9.17, 15) is 9.59 Å². The van der Waals surface area contributed by atoms with E-state index in [0.29, 0.717) is 27.7 Å². The summed E-state index contributed by atoms with van der Waals surface area (Å²) in [6.07, 6.45) is 2.96. The van der Waals surface area contributed by atoms with Gasteiger partial charge < -0.3 is 9.47 Å². The fraction of sp³-hybridized carbons (Fsp3) is 0.480. The van der Waals surface area contributed by atoms with Gasteiger partial charge in [0.15, 0.2) is 6.61 Å². The van der Waals surface area contributed by atoms with Gasteiger partial charge in [-0.15, -0.1) is 11.3 Å². The fourth-order valence-corrected chi connectivity index (χ4v) is 5.76. The Kier molecular flexibility index (Phi) is 7.10. The number of hydrogen-bond donors (Lipinski definition) is 0. The third-order valence-corrected chi connectivity index (χ3v) is 7.72. The summed E-state index contributed by atoms with van der Waals surface area (Å²) in [5, 5.41) is 6.09. The molecule has 33 heavy (non-hydrogen) atoms. The molecule has 8 heteroatoms. The largest absolute Gasteiger partial charge is 0.460 e. The Bertz CT molecular complexity index is 1150. The summed E-state index contributed by atoms with van der Waals surface area (Å²) in [5.41, 5.74) is 1.66. The van der Waals surface area contributed by atoms with Crippen LogP contribution in [0.1, 0.15) is 55.4 Å². The topological polar surface area (TPSA) is 70.4 Å². The van der Waals surface area contributed by atoms with Gasteiger partial charge in [-0.05, 0) is 67.9 Å². The Labute approximate surface area is 202 Å². The SMILES string of the molecule is Cc1nn(-c2ccc(Cl)cc2)c2sc(C(=O)OCC(=O)O[C@H]3C[C@@H](C)CC[C@H]3C(C)C)cc12. The molecule has 0 N–H and O–H groups in total. The van der Waals surface area contributed by atoms with Crippen molar-refractivity contribution in [1.82, 2.24) is 9.78 Å². The van der Waals surface area contributed by atoms with Gasteiger partial charge in [0, 0.05) is 10.4 Å². The van der Waals surface area contributed by atoms with E-state index in [1.165, 1.54) is 11.3 Å². The first kappa shape index (κ1) is 23.8. The maximum atomic E-state index is 12.7. The van der Waals surface area contributed by atoms with Gasteiger partial charge in [-0.3, -0.25) is 0 Å². The van der Waals surface area contributed by atoms with E-state index in [2.05, 4.69) is 25.9 Å². The third-order valence-electron chi connectivity index (χ3n) is 6.38. The molecular weight excluding hydrogens is 460 g/mol. The lowest BCUT2D eigenvalue weighted by atomic mass is 9.75. The van der Waals surface area contributed by atoms with Gasteiger partial charge >= 0.3 is 11.9 Å². The minimum atomic E-state index is -0.535. The number of ether oxygens (including phenoxy) is 2. The van der Waals surface area contributed by atoms with E-state index in [1.54, 1.807) is 22.9 Å². The van der Waals surface area contributed by atoms with E-state index < -0.39 is 11.9 Å². The van der Waals surface area contributed by atoms with Crippen molar-refractivity contribution in [2.45, 2.75) is 53.1 Å². The van der Waals surface area contributed by atoms with Crippen LogP contribution in [0.15, 0.2) is 30.3 Å². The minimum absolute atomic E-state index is 0.114. The van der Waals surface area contributed by atoms with Crippen molar-refractivity contribution >= 4 is 45.1 Å². The van der Waals surface area contributed by atoms with Crippen LogP contribution in [-0.2, 0) is 14.3 Å². The lowest BCUT2D eigenvalue weighted by Crippen LogP contribution is -2.36. The number of nitrogens with zero attached hydrogens (tertiary/aromatic N) is 2. The van der Waals surface area contributed by atoms with Gasteiger partial charge in [-0.1, -0.05) is 38.8 Å². The Morgan fingerprint density at radius 2 is 1.97 bits per heavy atom. The molecule has 0 aliphatic heterocycles. The number of esters is 2. The summed E-state index contributed by atoms with van der Waals surface area (Å²) in [7, 11) is 0. The van der Waals surface area contributed by atoms with Gasteiger partial charge in [0.2, 0.25) is 0 Å². The average molecular weight is 489 g/mol. The van der Waals surface area contributed by atoms with Crippen LogP contribution in [0.2, 0.25) is 5.02 Å². The molecule has 0 spiro atoms. The van der Waals surface area contributed by atoms with Crippen LogP contribution in [0.4, 0.5) is 0 Å². The zero-order valence-corrected chi connectivity index (χ0v) is 20.9. The number of aromatic nitrogens is 2. The first-order chi connectivity index (χ1) is 15.7. The molecule has 176 valence electrons. The van der Waals surface area contributed by atoms with Crippen LogP contribution in [0.25, 0.3) is 15.9 Å². The molecule has 1 aliphatic rings. The molecule has 0 unspecified atom stereocenters. The minimum Gasteiger partial charge on any atom is -0.460 e. The van der Waals surface area contributed by atoms with Crippen molar-refractivity contribution in [2.75, 3.05) is 6.61 Å². The first-order valence-corrected chi connectivity index (χ1v) is 12.5. The lowest BCUT2D eigenvalue weighted by Gasteiger charge is -2.36. The molecule has 4 rings (SSSR count). The van der Waals surface area contributed by atoms with Crippen molar-refractivity contribution in [1.29, 1.82) is 0 Å². The summed E-state index contributed by atoms with van der Waals surface area (Å²) in [5.74, 6) is 0.301. The van der Waals surface area contributed by atoms with Gasteiger partial charge in [-0.2, -0.15) is 5.10 Å². The number of halogens is 1. The summed E-state index contributed by atoms with van der Waals surface area (Å²) in [6.45, 7) is 8.02. The monoisotopic (exact) mass is 488 g/mol. The van der Waals surface area contributed by atoms with Crippen molar-refractivity contribution in [3.8, 4) is 5.69 Å². The molecule has 2 heterocycles. The van der Waals surface area contributed by atoms with Crippen LogP contribution in [0.3, 0.4) is 0 Å². The van der Waals surface area contributed by atoms with E-state index in [0.717, 1.165) is 40.9 Å². The quantitative estimate of drug-likeness (QED) is 0.386. The van der Waals surface area contributed by atoms with E-state index >= 15 is 0 Å². The molecule has 0 saturated heterocycles. The van der Waals surface area contributed by atoms with E-state index in [1.807, 2.05) is 19.1 Å². The normalized spacial score (nSPS) is 20.8. The number of carbonyl (C=O) groups excluding carboxylic acids is 2. The molecule has 1 fully saturated rings. The summed E-state index contributed by atoms with van der Waals surface area (Å²) < 4.78 is 12.8. The maximum Gasteiger partial charge on any atom is 0.348 e. The van der Waals surface area contributed by atoms with Gasteiger partial charge in [0.25, 0.3) is 0 Å². The van der Waals surface area contributed by atoms with Crippen LogP contribution in [0, 0.1) is 24.7 Å². The molecular formula is C25H29ClN2O4S. The summed E-state index contributed by atoms with van der Waals surface area (Å²) >= 11 is 7.28. The number of benzene rings is 1. The molecule has 1 aromatic carbocycles. The predicted octanol–water partition coefficient (Wildman–Crippen LogP) is 6.21. The summed E-state index contributed by atoms with van der Waals surface area (Å²) in [4.78, 5) is 26.4.